The summed E-state index contributed by atoms with van der Waals surface area (Å²) in [5, 5.41) is 14.1. The molecule has 0 saturated carbocycles. The van der Waals surface area contributed by atoms with Gasteiger partial charge in [-0.2, -0.15) is 0 Å². The molecule has 0 spiro atoms. The van der Waals surface area contributed by atoms with Crippen molar-refractivity contribution in [2.24, 2.45) is 0 Å². The molecule has 7 heteroatoms. The van der Waals surface area contributed by atoms with E-state index in [2.05, 4.69) is 15.3 Å². The number of ether oxygens (including phenoxy) is 1. The van der Waals surface area contributed by atoms with Gasteiger partial charge >= 0.3 is 0 Å². The lowest BCUT2D eigenvalue weighted by molar-refractivity contribution is -0.140. The molecule has 0 aliphatic carbocycles. The zero-order valence-electron chi connectivity index (χ0n) is 17.6. The molecule has 1 aromatic carbocycles. The summed E-state index contributed by atoms with van der Waals surface area (Å²) in [7, 11) is 0. The highest BCUT2D eigenvalue weighted by molar-refractivity contribution is 6.30. The van der Waals surface area contributed by atoms with E-state index in [0.717, 1.165) is 22.4 Å². The number of hydrogen-bond acceptors (Lipinski definition) is 5. The van der Waals surface area contributed by atoms with Crippen molar-refractivity contribution < 1.29 is 14.6 Å². The Bertz CT molecular complexity index is 1100. The van der Waals surface area contributed by atoms with Crippen LogP contribution in [-0.4, -0.2) is 34.2 Å². The lowest BCUT2D eigenvalue weighted by Crippen LogP contribution is -2.56. The third kappa shape index (κ3) is 4.19. The minimum absolute atomic E-state index is 0.171. The van der Waals surface area contributed by atoms with Crippen LogP contribution < -0.4 is 5.32 Å². The van der Waals surface area contributed by atoms with Crippen molar-refractivity contribution in [2.45, 2.75) is 31.8 Å². The molecule has 31 heavy (non-hydrogen) atoms. The Labute approximate surface area is 186 Å². The number of carbonyl (C=O) groups is 1. The van der Waals surface area contributed by atoms with E-state index in [4.69, 9.17) is 16.3 Å². The van der Waals surface area contributed by atoms with Gasteiger partial charge in [-0.1, -0.05) is 17.7 Å². The fraction of sp³-hybridized carbons (Fsp3) is 0.292. The standard InChI is InChI=1S/C24H24ClN3O3/c1-15-10-20(23(2,3)30)19(12-26-15)16-4-9-21(27-11-16)24(13-31-14-24)22(29)28-18-7-5-17(25)6-8-18/h4-12,30H,13-14H2,1-3H3,(H,28,29). The predicted molar refractivity (Wildman–Crippen MR) is 120 cm³/mol. The van der Waals surface area contributed by atoms with E-state index in [-0.39, 0.29) is 19.1 Å². The summed E-state index contributed by atoms with van der Waals surface area (Å²) in [6.07, 6.45) is 3.46. The Hall–Kier alpha value is -2.80. The number of pyridine rings is 2. The molecule has 3 heterocycles. The first-order valence-corrected chi connectivity index (χ1v) is 10.4. The summed E-state index contributed by atoms with van der Waals surface area (Å²) >= 11 is 5.92. The fourth-order valence-electron chi connectivity index (χ4n) is 3.62. The number of aliphatic hydroxyl groups is 1. The van der Waals surface area contributed by atoms with Crippen molar-refractivity contribution in [3.8, 4) is 11.1 Å². The quantitative estimate of drug-likeness (QED) is 0.623. The van der Waals surface area contributed by atoms with Crippen molar-refractivity contribution in [1.82, 2.24) is 9.97 Å². The second-order valence-corrected chi connectivity index (χ2v) is 8.83. The minimum atomic E-state index is -1.02. The van der Waals surface area contributed by atoms with Crippen LogP contribution in [0.15, 0.2) is 54.9 Å². The summed E-state index contributed by atoms with van der Waals surface area (Å²) < 4.78 is 5.40. The Kier molecular flexibility index (Phi) is 5.56. The van der Waals surface area contributed by atoms with Crippen LogP contribution in [0.4, 0.5) is 5.69 Å². The normalized spacial score (nSPS) is 15.3. The fourth-order valence-corrected chi connectivity index (χ4v) is 3.74. The van der Waals surface area contributed by atoms with Crippen LogP contribution >= 0.6 is 11.6 Å². The number of amides is 1. The molecule has 2 aromatic heterocycles. The molecule has 0 unspecified atom stereocenters. The molecule has 160 valence electrons. The number of rotatable bonds is 5. The van der Waals surface area contributed by atoms with E-state index in [1.54, 1.807) is 50.5 Å². The molecular formula is C24H24ClN3O3. The van der Waals surface area contributed by atoms with Gasteiger partial charge in [-0.3, -0.25) is 14.8 Å². The summed E-state index contributed by atoms with van der Waals surface area (Å²) in [4.78, 5) is 22.1. The smallest absolute Gasteiger partial charge is 0.241 e. The number of aryl methyl sites for hydroxylation is 1. The summed E-state index contributed by atoms with van der Waals surface area (Å²) in [6.45, 7) is 5.91. The summed E-state index contributed by atoms with van der Waals surface area (Å²) in [5.41, 5.74) is 2.67. The van der Waals surface area contributed by atoms with E-state index in [9.17, 15) is 9.90 Å². The molecule has 1 aliphatic heterocycles. The molecule has 4 rings (SSSR count). The highest BCUT2D eigenvalue weighted by Crippen LogP contribution is 2.35. The number of aromatic nitrogens is 2. The van der Waals surface area contributed by atoms with Crippen molar-refractivity contribution >= 4 is 23.2 Å². The lowest BCUT2D eigenvalue weighted by Gasteiger charge is -2.39. The van der Waals surface area contributed by atoms with Crippen LogP contribution in [0.25, 0.3) is 11.1 Å². The van der Waals surface area contributed by atoms with E-state index in [1.807, 2.05) is 25.1 Å². The maximum Gasteiger partial charge on any atom is 0.241 e. The van der Waals surface area contributed by atoms with Crippen LogP contribution in [-0.2, 0) is 20.5 Å². The highest BCUT2D eigenvalue weighted by Gasteiger charge is 2.49. The van der Waals surface area contributed by atoms with Gasteiger partial charge in [-0.15, -0.1) is 0 Å². The molecule has 1 amide bonds. The highest BCUT2D eigenvalue weighted by atomic mass is 35.5. The van der Waals surface area contributed by atoms with Crippen molar-refractivity contribution in [2.75, 3.05) is 18.5 Å². The Balaban J connectivity index is 1.63. The molecule has 0 atom stereocenters. The van der Waals surface area contributed by atoms with Crippen molar-refractivity contribution in [1.29, 1.82) is 0 Å². The summed E-state index contributed by atoms with van der Waals surface area (Å²) in [6, 6.07) is 12.6. The monoisotopic (exact) mass is 437 g/mol. The molecule has 1 aliphatic rings. The molecule has 2 N–H and O–H groups in total. The maximum absolute atomic E-state index is 13.1. The van der Waals surface area contributed by atoms with Crippen LogP contribution in [0.3, 0.4) is 0 Å². The zero-order chi connectivity index (χ0) is 22.2. The average molecular weight is 438 g/mol. The van der Waals surface area contributed by atoms with Gasteiger partial charge in [0, 0.05) is 39.9 Å². The average Bonchev–Trinajstić information content (AvgIpc) is 2.69. The first-order valence-electron chi connectivity index (χ1n) is 10.0. The lowest BCUT2D eigenvalue weighted by atomic mass is 9.80. The predicted octanol–water partition coefficient (Wildman–Crippen LogP) is 4.24. The first-order chi connectivity index (χ1) is 14.7. The van der Waals surface area contributed by atoms with E-state index in [1.165, 1.54) is 0 Å². The van der Waals surface area contributed by atoms with E-state index in [0.29, 0.717) is 16.4 Å². The number of nitrogens with one attached hydrogen (secondary N) is 1. The molecule has 0 bridgehead atoms. The second-order valence-electron chi connectivity index (χ2n) is 8.40. The number of carbonyl (C=O) groups excluding carboxylic acids is 1. The topological polar surface area (TPSA) is 84.3 Å². The molecule has 1 saturated heterocycles. The molecule has 3 aromatic rings. The van der Waals surface area contributed by atoms with Crippen LogP contribution in [0.1, 0.15) is 30.8 Å². The van der Waals surface area contributed by atoms with Crippen molar-refractivity contribution in [3.05, 3.63) is 76.8 Å². The first kappa shape index (κ1) is 21.4. The van der Waals surface area contributed by atoms with Gasteiger partial charge in [0.2, 0.25) is 5.91 Å². The van der Waals surface area contributed by atoms with Crippen molar-refractivity contribution in [3.63, 3.8) is 0 Å². The number of benzene rings is 1. The number of hydrogen-bond donors (Lipinski definition) is 2. The largest absolute Gasteiger partial charge is 0.386 e. The van der Waals surface area contributed by atoms with Crippen LogP contribution in [0.2, 0.25) is 5.02 Å². The Morgan fingerprint density at radius 3 is 2.39 bits per heavy atom. The maximum atomic E-state index is 13.1. The van der Waals surface area contributed by atoms with Gasteiger partial charge in [-0.25, -0.2) is 0 Å². The SMILES string of the molecule is Cc1cc(C(C)(C)O)c(-c2ccc(C3(C(=O)Nc4ccc(Cl)cc4)COC3)nc2)cn1. The third-order valence-electron chi connectivity index (χ3n) is 5.50. The minimum Gasteiger partial charge on any atom is -0.386 e. The molecular weight excluding hydrogens is 414 g/mol. The summed E-state index contributed by atoms with van der Waals surface area (Å²) in [5.74, 6) is -0.171. The zero-order valence-corrected chi connectivity index (χ0v) is 18.4. The van der Waals surface area contributed by atoms with Gasteiger partial charge in [-0.05, 0) is 62.7 Å². The second kappa shape index (κ2) is 8.04. The number of halogens is 1. The van der Waals surface area contributed by atoms with Gasteiger partial charge in [0.1, 0.15) is 5.41 Å². The van der Waals surface area contributed by atoms with E-state index >= 15 is 0 Å². The number of anilines is 1. The molecule has 0 radical (unpaired) electrons. The van der Waals surface area contributed by atoms with Gasteiger partial charge in [0.25, 0.3) is 0 Å². The van der Waals surface area contributed by atoms with Gasteiger partial charge in [0.05, 0.1) is 24.5 Å². The van der Waals surface area contributed by atoms with Crippen LogP contribution in [0, 0.1) is 6.92 Å². The van der Waals surface area contributed by atoms with Crippen LogP contribution in [0.5, 0.6) is 0 Å². The van der Waals surface area contributed by atoms with E-state index < -0.39 is 11.0 Å². The molecule has 1 fully saturated rings. The van der Waals surface area contributed by atoms with Gasteiger partial charge in [0.15, 0.2) is 0 Å². The van der Waals surface area contributed by atoms with Gasteiger partial charge < -0.3 is 15.2 Å². The Morgan fingerprint density at radius 1 is 1.13 bits per heavy atom. The Morgan fingerprint density at radius 2 is 1.84 bits per heavy atom. The third-order valence-corrected chi connectivity index (χ3v) is 5.75. The molecule has 6 nitrogen and oxygen atoms in total. The number of nitrogens with zero attached hydrogens (tertiary/aromatic N) is 2.